The lowest BCUT2D eigenvalue weighted by Gasteiger charge is -2.07. The summed E-state index contributed by atoms with van der Waals surface area (Å²) in [4.78, 5) is 6.69. The van der Waals surface area contributed by atoms with Gasteiger partial charge in [0.25, 0.3) is 0 Å². The second-order valence-electron chi connectivity index (χ2n) is 2.87. The number of fused-ring (bicyclic) bond motifs is 1. The van der Waals surface area contributed by atoms with Crippen LogP contribution >= 0.6 is 34.2 Å². The Balaban J connectivity index is 2.72. The van der Waals surface area contributed by atoms with E-state index in [1.165, 1.54) is 6.07 Å². The molecule has 2 nitrogen and oxygen atoms in total. The van der Waals surface area contributed by atoms with Crippen molar-refractivity contribution in [3.05, 3.63) is 26.5 Å². The first-order chi connectivity index (χ1) is 6.88. The van der Waals surface area contributed by atoms with E-state index in [2.05, 4.69) is 9.97 Å². The molecule has 0 aliphatic rings. The fraction of sp³-hybridized carbons (Fsp3) is 0.125. The van der Waals surface area contributed by atoms with Crippen molar-refractivity contribution in [1.82, 2.24) is 9.97 Å². The fourth-order valence-electron chi connectivity index (χ4n) is 1.22. The number of aromatic nitrogens is 2. The molecule has 0 atom stereocenters. The van der Waals surface area contributed by atoms with Crippen molar-refractivity contribution in [3.8, 4) is 0 Å². The number of nitrogens with zero attached hydrogens (tertiary/aromatic N) is 1. The molecule has 0 saturated heterocycles. The van der Waals surface area contributed by atoms with Gasteiger partial charge in [0.1, 0.15) is 0 Å². The van der Waals surface area contributed by atoms with Crippen LogP contribution in [-0.4, -0.2) is 9.97 Å². The van der Waals surface area contributed by atoms with Crippen LogP contribution in [0.4, 0.5) is 13.2 Å². The van der Waals surface area contributed by atoms with Crippen LogP contribution < -0.4 is 0 Å². The summed E-state index contributed by atoms with van der Waals surface area (Å²) in [6.45, 7) is 0. The van der Waals surface area contributed by atoms with Gasteiger partial charge in [0.15, 0.2) is 3.83 Å². The summed E-state index contributed by atoms with van der Waals surface area (Å²) >= 11 is 7.41. The summed E-state index contributed by atoms with van der Waals surface area (Å²) < 4.78 is 37.9. The zero-order valence-corrected chi connectivity index (χ0v) is 9.91. The molecule has 0 saturated carbocycles. The number of hydrogen-bond acceptors (Lipinski definition) is 1. The minimum absolute atomic E-state index is 0.330. The Morgan fingerprint density at radius 3 is 2.60 bits per heavy atom. The van der Waals surface area contributed by atoms with Crippen molar-refractivity contribution >= 4 is 45.2 Å². The third kappa shape index (κ3) is 2.05. The number of H-pyrrole nitrogens is 1. The smallest absolute Gasteiger partial charge is 0.333 e. The molecule has 1 N–H and O–H groups in total. The molecule has 0 bridgehead atoms. The first-order valence-corrected chi connectivity index (χ1v) is 5.25. The predicted molar refractivity (Wildman–Crippen MR) is 58.8 cm³/mol. The van der Waals surface area contributed by atoms with Gasteiger partial charge in [0, 0.05) is 0 Å². The molecule has 0 unspecified atom stereocenters. The topological polar surface area (TPSA) is 28.7 Å². The second kappa shape index (κ2) is 3.51. The first kappa shape index (κ1) is 11.0. The first-order valence-electron chi connectivity index (χ1n) is 3.80. The molecular weight excluding hydrogens is 343 g/mol. The summed E-state index contributed by atoms with van der Waals surface area (Å²) in [7, 11) is 0. The molecule has 2 rings (SSSR count). The Morgan fingerprint density at radius 2 is 2.00 bits per heavy atom. The minimum Gasteiger partial charge on any atom is -0.333 e. The molecule has 80 valence electrons. The molecule has 0 aliphatic carbocycles. The number of nitrogens with one attached hydrogen (secondary N) is 1. The quantitative estimate of drug-likeness (QED) is 0.722. The highest BCUT2D eigenvalue weighted by atomic mass is 127. The van der Waals surface area contributed by atoms with E-state index in [0.717, 1.165) is 6.07 Å². The van der Waals surface area contributed by atoms with E-state index in [1.54, 1.807) is 0 Å². The van der Waals surface area contributed by atoms with Gasteiger partial charge in [-0.2, -0.15) is 13.2 Å². The Hall–Kier alpha value is -0.500. The van der Waals surface area contributed by atoms with Crippen molar-refractivity contribution in [2.75, 3.05) is 0 Å². The van der Waals surface area contributed by atoms with E-state index in [4.69, 9.17) is 11.6 Å². The largest absolute Gasteiger partial charge is 0.417 e. The molecular formula is C8H3ClF3IN2. The minimum atomic E-state index is -4.44. The third-order valence-corrected chi connectivity index (χ3v) is 2.67. The zero-order valence-electron chi connectivity index (χ0n) is 6.99. The molecule has 0 fully saturated rings. The highest BCUT2D eigenvalue weighted by molar-refractivity contribution is 14.1. The molecule has 0 amide bonds. The van der Waals surface area contributed by atoms with Crippen LogP contribution in [0, 0.1) is 3.83 Å². The highest BCUT2D eigenvalue weighted by Crippen LogP contribution is 2.36. The van der Waals surface area contributed by atoms with E-state index in [9.17, 15) is 13.2 Å². The molecule has 7 heteroatoms. The van der Waals surface area contributed by atoms with Crippen LogP contribution in [0.25, 0.3) is 11.0 Å². The molecule has 0 spiro atoms. The van der Waals surface area contributed by atoms with E-state index in [1.807, 2.05) is 22.6 Å². The number of imidazole rings is 1. The SMILES string of the molecule is FC(F)(F)c1cc2[nH]c(I)nc2cc1Cl. The standard InChI is InChI=1S/C8H3ClF3IN2/c9-4-2-6-5(14-7(13)15-6)1-3(4)8(10,11)12/h1-2H,(H,14,15). The van der Waals surface area contributed by atoms with E-state index < -0.39 is 11.7 Å². The van der Waals surface area contributed by atoms with Crippen LogP contribution in [0.5, 0.6) is 0 Å². The van der Waals surface area contributed by atoms with Gasteiger partial charge in [-0.25, -0.2) is 4.98 Å². The van der Waals surface area contributed by atoms with Gasteiger partial charge in [0.2, 0.25) is 0 Å². The van der Waals surface area contributed by atoms with E-state index in [-0.39, 0.29) is 5.02 Å². The molecule has 1 aromatic heterocycles. The van der Waals surface area contributed by atoms with E-state index >= 15 is 0 Å². The van der Waals surface area contributed by atoms with Crippen molar-refractivity contribution < 1.29 is 13.2 Å². The Kier molecular flexibility index (Phi) is 2.58. The maximum absolute atomic E-state index is 12.5. The van der Waals surface area contributed by atoms with Gasteiger partial charge < -0.3 is 4.98 Å². The van der Waals surface area contributed by atoms with Gasteiger partial charge in [-0.05, 0) is 34.7 Å². The lowest BCUT2D eigenvalue weighted by atomic mass is 10.2. The molecule has 1 aromatic carbocycles. The lowest BCUT2D eigenvalue weighted by molar-refractivity contribution is -0.137. The Labute approximate surface area is 101 Å². The maximum Gasteiger partial charge on any atom is 0.417 e. The van der Waals surface area contributed by atoms with Crippen LogP contribution in [0.1, 0.15) is 5.56 Å². The summed E-state index contributed by atoms with van der Waals surface area (Å²) in [6, 6.07) is 2.17. The second-order valence-corrected chi connectivity index (χ2v) is 4.30. The summed E-state index contributed by atoms with van der Waals surface area (Å²) in [5.41, 5.74) is -0.0924. The Morgan fingerprint density at radius 1 is 1.33 bits per heavy atom. The van der Waals surface area contributed by atoms with Crippen LogP contribution in [0.15, 0.2) is 12.1 Å². The predicted octanol–water partition coefficient (Wildman–Crippen LogP) is 3.84. The number of alkyl halides is 3. The Bertz CT molecular complexity index is 520. The molecule has 0 radical (unpaired) electrons. The van der Waals surface area contributed by atoms with Crippen LogP contribution in [-0.2, 0) is 6.18 Å². The third-order valence-electron chi connectivity index (χ3n) is 1.85. The fourth-order valence-corrected chi connectivity index (χ4v) is 2.03. The average Bonchev–Trinajstić information content (AvgIpc) is 2.40. The molecule has 2 aromatic rings. The van der Waals surface area contributed by atoms with Crippen molar-refractivity contribution in [1.29, 1.82) is 0 Å². The zero-order chi connectivity index (χ0) is 11.2. The van der Waals surface area contributed by atoms with Gasteiger partial charge in [0.05, 0.1) is 21.6 Å². The number of aromatic amines is 1. The van der Waals surface area contributed by atoms with Gasteiger partial charge in [-0.15, -0.1) is 0 Å². The van der Waals surface area contributed by atoms with Gasteiger partial charge >= 0.3 is 6.18 Å². The van der Waals surface area contributed by atoms with Crippen molar-refractivity contribution in [2.24, 2.45) is 0 Å². The molecule has 15 heavy (non-hydrogen) atoms. The normalized spacial score (nSPS) is 12.3. The summed E-state index contributed by atoms with van der Waals surface area (Å²) in [5.74, 6) is 0. The van der Waals surface area contributed by atoms with Crippen LogP contribution in [0.3, 0.4) is 0 Å². The monoisotopic (exact) mass is 346 g/mol. The van der Waals surface area contributed by atoms with Crippen molar-refractivity contribution in [2.45, 2.75) is 6.18 Å². The van der Waals surface area contributed by atoms with Crippen molar-refractivity contribution in [3.63, 3.8) is 0 Å². The summed E-state index contributed by atoms with van der Waals surface area (Å²) in [5, 5.41) is -0.335. The molecule has 1 heterocycles. The highest BCUT2D eigenvalue weighted by Gasteiger charge is 2.33. The van der Waals surface area contributed by atoms with E-state index in [0.29, 0.717) is 14.9 Å². The number of rotatable bonds is 0. The lowest BCUT2D eigenvalue weighted by Crippen LogP contribution is -2.05. The van der Waals surface area contributed by atoms with Gasteiger partial charge in [-0.3, -0.25) is 0 Å². The number of benzene rings is 1. The maximum atomic E-state index is 12.5. The average molecular weight is 346 g/mol. The van der Waals surface area contributed by atoms with Gasteiger partial charge in [-0.1, -0.05) is 11.6 Å². The molecule has 0 aliphatic heterocycles. The number of hydrogen-bond donors (Lipinski definition) is 1. The summed E-state index contributed by atoms with van der Waals surface area (Å²) in [6.07, 6.45) is -4.44. The van der Waals surface area contributed by atoms with Crippen LogP contribution in [0.2, 0.25) is 5.02 Å². The number of halogens is 5.